The molecule has 0 aliphatic rings. The zero-order valence-corrected chi connectivity index (χ0v) is 12.2. The Hall–Kier alpha value is -0.990. The third-order valence-electron chi connectivity index (χ3n) is 2.77. The smallest absolute Gasteiger partial charge is 0.118 e. The number of aromatic hydroxyl groups is 1. The van der Waals surface area contributed by atoms with E-state index in [0.717, 1.165) is 25.2 Å². The van der Waals surface area contributed by atoms with Crippen molar-refractivity contribution in [2.45, 2.75) is 27.3 Å². The Balaban J connectivity index is 0.000000555. The summed E-state index contributed by atoms with van der Waals surface area (Å²) in [7, 11) is 0. The molecule has 19 heavy (non-hydrogen) atoms. The second-order valence-electron chi connectivity index (χ2n) is 4.03. The molecule has 7 heteroatoms. The highest BCUT2D eigenvalue weighted by Crippen LogP contribution is 2.16. The third kappa shape index (κ3) is 7.91. The van der Waals surface area contributed by atoms with Gasteiger partial charge in [0.15, 0.2) is 0 Å². The second kappa shape index (κ2) is 9.88. The lowest BCUT2D eigenvalue weighted by Gasteiger charge is -2.15. The number of rotatable bonds is 5. The van der Waals surface area contributed by atoms with Crippen LogP contribution in [0.25, 0.3) is 0 Å². The summed E-state index contributed by atoms with van der Waals surface area (Å²) in [5, 5.41) is 17.9. The Morgan fingerprint density at radius 3 is 2.26 bits per heavy atom. The van der Waals surface area contributed by atoms with Gasteiger partial charge in [-0.05, 0) is 44.5 Å². The molecule has 0 fully saturated rings. The topological polar surface area (TPSA) is 97.1 Å². The molecule has 0 amide bonds. The summed E-state index contributed by atoms with van der Waals surface area (Å²) < 4.78 is 20.1. The predicted octanol–water partition coefficient (Wildman–Crippen LogP) is -0.802. The minimum atomic E-state index is -2.88. The normalized spacial score (nSPS) is 11.9. The Labute approximate surface area is 116 Å². The molecular weight excluding hydrogens is 270 g/mol. The lowest BCUT2D eigenvalue weighted by Crippen LogP contribution is -3.10. The summed E-state index contributed by atoms with van der Waals surface area (Å²) in [5.74, 6) is 0.392. The molecule has 1 atom stereocenters. The van der Waals surface area contributed by atoms with Gasteiger partial charge in [0.05, 0.1) is 24.5 Å². The van der Waals surface area contributed by atoms with Gasteiger partial charge in [0, 0.05) is 5.56 Å². The van der Waals surface area contributed by atoms with E-state index in [2.05, 4.69) is 24.2 Å². The van der Waals surface area contributed by atoms with Crippen LogP contribution >= 0.6 is 0 Å². The van der Waals surface area contributed by atoms with E-state index in [1.54, 1.807) is 11.0 Å². The highest BCUT2D eigenvalue weighted by atomic mass is 32.2. The lowest BCUT2D eigenvalue weighted by molar-refractivity contribution is -0.910. The zero-order chi connectivity index (χ0) is 14.8. The molecule has 0 aliphatic carbocycles. The third-order valence-corrected chi connectivity index (χ3v) is 2.88. The van der Waals surface area contributed by atoms with Crippen molar-refractivity contribution in [1.82, 2.24) is 0 Å². The molecule has 0 bridgehead atoms. The van der Waals surface area contributed by atoms with Crippen molar-refractivity contribution in [3.8, 4) is 5.75 Å². The number of phenolic OH excluding ortho intramolecular Hbond substituents is 1. The van der Waals surface area contributed by atoms with Gasteiger partial charge < -0.3 is 24.2 Å². The maximum absolute atomic E-state index is 9.39. The summed E-state index contributed by atoms with van der Waals surface area (Å²) >= 11 is -2.88. The minimum absolute atomic E-state index is 0.392. The number of phenols is 1. The summed E-state index contributed by atoms with van der Waals surface area (Å²) in [4.78, 5) is 1.56. The first-order valence-electron chi connectivity index (χ1n) is 5.96. The number of quaternary nitrogens is 1. The van der Waals surface area contributed by atoms with E-state index in [1.807, 2.05) is 13.0 Å². The van der Waals surface area contributed by atoms with Crippen LogP contribution in [0.2, 0.25) is 0 Å². The van der Waals surface area contributed by atoms with Gasteiger partial charge >= 0.3 is 0 Å². The van der Waals surface area contributed by atoms with Gasteiger partial charge in [-0.2, -0.15) is 0 Å². The molecule has 1 aromatic rings. The SMILES string of the molecule is CC[NH+](CC)Cc1ccc(O)c(C)c1.O=S([O-])O[O-]. The van der Waals surface area contributed by atoms with Gasteiger partial charge in [0.1, 0.15) is 12.3 Å². The van der Waals surface area contributed by atoms with Crippen LogP contribution in [-0.2, 0) is 22.2 Å². The maximum Gasteiger partial charge on any atom is 0.118 e. The Morgan fingerprint density at radius 2 is 1.89 bits per heavy atom. The average molecular weight is 290 g/mol. The maximum atomic E-state index is 9.39. The van der Waals surface area contributed by atoms with Crippen LogP contribution in [0.4, 0.5) is 0 Å². The molecule has 0 heterocycles. The summed E-state index contributed by atoms with van der Waals surface area (Å²) in [6.45, 7) is 9.69. The summed E-state index contributed by atoms with van der Waals surface area (Å²) in [5.41, 5.74) is 2.27. The molecule has 0 saturated heterocycles. The molecule has 0 aromatic heterocycles. The predicted molar refractivity (Wildman–Crippen MR) is 68.6 cm³/mol. The molecule has 0 saturated carbocycles. The average Bonchev–Trinajstić information content (AvgIpc) is 2.40. The molecule has 0 aliphatic heterocycles. The van der Waals surface area contributed by atoms with Crippen LogP contribution < -0.4 is 10.2 Å². The largest absolute Gasteiger partial charge is 0.750 e. The number of benzene rings is 1. The van der Waals surface area contributed by atoms with Gasteiger partial charge in [0.25, 0.3) is 0 Å². The van der Waals surface area contributed by atoms with Crippen LogP contribution in [-0.4, -0.2) is 27.0 Å². The summed E-state index contributed by atoms with van der Waals surface area (Å²) in [6.07, 6.45) is 0. The van der Waals surface area contributed by atoms with Gasteiger partial charge in [-0.15, -0.1) is 0 Å². The number of hydrogen-bond acceptors (Lipinski definition) is 5. The van der Waals surface area contributed by atoms with E-state index in [4.69, 9.17) is 14.0 Å². The molecule has 0 spiro atoms. The van der Waals surface area contributed by atoms with Gasteiger partial charge in [0.2, 0.25) is 0 Å². The van der Waals surface area contributed by atoms with E-state index in [1.165, 1.54) is 5.56 Å². The van der Waals surface area contributed by atoms with Crippen molar-refractivity contribution in [2.24, 2.45) is 0 Å². The van der Waals surface area contributed by atoms with Crippen molar-refractivity contribution in [3.05, 3.63) is 29.3 Å². The van der Waals surface area contributed by atoms with Gasteiger partial charge in [-0.1, -0.05) is 0 Å². The molecule has 6 nitrogen and oxygen atoms in total. The fourth-order valence-electron chi connectivity index (χ4n) is 1.62. The van der Waals surface area contributed by atoms with E-state index < -0.39 is 11.4 Å². The Kier molecular flexibility index (Phi) is 9.36. The zero-order valence-electron chi connectivity index (χ0n) is 11.3. The fraction of sp³-hybridized carbons (Fsp3) is 0.500. The molecule has 2 N–H and O–H groups in total. The standard InChI is InChI=1S/C12H19NO.H2O4S/c1-4-13(5-2)9-11-6-7-12(14)10(3)8-11;1-4-5(2)3/h6-8,14H,4-5,9H2,1-3H3;1H,(H,2,3)/p-1. The first-order chi connectivity index (χ1) is 8.94. The quantitative estimate of drug-likeness (QED) is 0.420. The van der Waals surface area contributed by atoms with Crippen molar-refractivity contribution in [2.75, 3.05) is 13.1 Å². The molecule has 1 unspecified atom stereocenters. The molecule has 1 aromatic carbocycles. The van der Waals surface area contributed by atoms with Gasteiger partial charge in [-0.25, -0.2) is 4.21 Å². The first kappa shape index (κ1) is 18.0. The Bertz CT molecular complexity index is 396. The van der Waals surface area contributed by atoms with E-state index in [0.29, 0.717) is 5.75 Å². The Morgan fingerprint density at radius 1 is 1.37 bits per heavy atom. The molecular formula is C12H20NO5S-. The van der Waals surface area contributed by atoms with Crippen LogP contribution in [0.15, 0.2) is 18.2 Å². The monoisotopic (exact) mass is 290 g/mol. The van der Waals surface area contributed by atoms with Gasteiger partial charge in [-0.3, -0.25) is 0 Å². The van der Waals surface area contributed by atoms with E-state index >= 15 is 0 Å². The van der Waals surface area contributed by atoms with Crippen molar-refractivity contribution in [3.63, 3.8) is 0 Å². The van der Waals surface area contributed by atoms with Crippen molar-refractivity contribution in [1.29, 1.82) is 0 Å². The van der Waals surface area contributed by atoms with Crippen LogP contribution in [0.5, 0.6) is 5.75 Å². The van der Waals surface area contributed by atoms with Crippen LogP contribution in [0.1, 0.15) is 25.0 Å². The highest BCUT2D eigenvalue weighted by Gasteiger charge is 2.05. The molecule has 1 rings (SSSR count). The van der Waals surface area contributed by atoms with Crippen LogP contribution in [0.3, 0.4) is 0 Å². The fourth-order valence-corrected chi connectivity index (χ4v) is 1.62. The van der Waals surface area contributed by atoms with Crippen molar-refractivity contribution < 1.29 is 28.4 Å². The first-order valence-corrected chi connectivity index (χ1v) is 6.96. The number of hydrogen-bond donors (Lipinski definition) is 2. The number of aryl methyl sites for hydroxylation is 1. The molecule has 110 valence electrons. The number of nitrogens with one attached hydrogen (secondary N) is 1. The van der Waals surface area contributed by atoms with E-state index in [-0.39, 0.29) is 0 Å². The van der Waals surface area contributed by atoms with Crippen molar-refractivity contribution >= 4 is 11.4 Å². The minimum Gasteiger partial charge on any atom is -0.750 e. The second-order valence-corrected chi connectivity index (χ2v) is 4.57. The lowest BCUT2D eigenvalue weighted by atomic mass is 10.1. The van der Waals surface area contributed by atoms with E-state index in [9.17, 15) is 5.11 Å². The van der Waals surface area contributed by atoms with Crippen LogP contribution in [0, 0.1) is 6.92 Å². The molecule has 0 radical (unpaired) electrons. The highest BCUT2D eigenvalue weighted by molar-refractivity contribution is 7.73. The summed E-state index contributed by atoms with van der Waals surface area (Å²) in [6, 6.07) is 5.86.